The van der Waals surface area contributed by atoms with Gasteiger partial charge in [0.2, 0.25) is 11.8 Å². The van der Waals surface area contributed by atoms with Gasteiger partial charge in [0.1, 0.15) is 0 Å². The number of carbonyl (C=O) groups is 2. The van der Waals surface area contributed by atoms with Gasteiger partial charge in [-0.15, -0.1) is 11.3 Å². The van der Waals surface area contributed by atoms with Crippen LogP contribution in [-0.4, -0.2) is 16.8 Å². The lowest BCUT2D eigenvalue weighted by Crippen LogP contribution is -2.18. The van der Waals surface area contributed by atoms with Gasteiger partial charge in [0.25, 0.3) is 0 Å². The van der Waals surface area contributed by atoms with E-state index in [0.717, 1.165) is 23.3 Å². The minimum atomic E-state index is -4.40. The third-order valence-electron chi connectivity index (χ3n) is 4.19. The molecule has 0 radical (unpaired) electrons. The van der Waals surface area contributed by atoms with E-state index < -0.39 is 11.7 Å². The topological polar surface area (TPSA) is 71.1 Å². The van der Waals surface area contributed by atoms with Crippen molar-refractivity contribution < 1.29 is 22.8 Å². The molecule has 2 amide bonds. The molecule has 1 heterocycles. The van der Waals surface area contributed by atoms with Crippen LogP contribution in [0.5, 0.6) is 0 Å². The smallest absolute Gasteiger partial charge is 0.352 e. The number of thiazole rings is 1. The van der Waals surface area contributed by atoms with Gasteiger partial charge in [-0.25, -0.2) is 4.98 Å². The van der Waals surface area contributed by atoms with Gasteiger partial charge in [0.15, 0.2) is 5.13 Å². The summed E-state index contributed by atoms with van der Waals surface area (Å²) < 4.78 is 37.8. The first-order chi connectivity index (χ1) is 14.2. The fourth-order valence-corrected chi connectivity index (χ4v) is 3.38. The standard InChI is InChI=1S/C21H18F3N3O2S/c1-13(28)25-11-15-2-6-16(7-3-15)18-12-30-20(26-18)27-19(29)10-14-4-8-17(9-5-14)21(22,23)24/h2-9,12H,10-11H2,1H3,(H,25,28)(H,26,27,29). The Kier molecular flexibility index (Phi) is 6.51. The largest absolute Gasteiger partial charge is 0.416 e. The zero-order valence-electron chi connectivity index (χ0n) is 15.9. The molecule has 9 heteroatoms. The minimum absolute atomic E-state index is 0.0507. The lowest BCUT2D eigenvalue weighted by atomic mass is 10.1. The Bertz CT molecular complexity index is 1030. The first-order valence-corrected chi connectivity index (χ1v) is 9.84. The number of nitrogens with one attached hydrogen (secondary N) is 2. The van der Waals surface area contributed by atoms with Gasteiger partial charge in [-0.2, -0.15) is 13.2 Å². The maximum atomic E-state index is 12.6. The highest BCUT2D eigenvalue weighted by molar-refractivity contribution is 7.14. The summed E-state index contributed by atoms with van der Waals surface area (Å²) in [7, 11) is 0. The van der Waals surface area contributed by atoms with Crippen LogP contribution < -0.4 is 10.6 Å². The molecule has 5 nitrogen and oxygen atoms in total. The van der Waals surface area contributed by atoms with E-state index in [9.17, 15) is 22.8 Å². The Morgan fingerprint density at radius 3 is 2.23 bits per heavy atom. The summed E-state index contributed by atoms with van der Waals surface area (Å²) in [6, 6.07) is 12.0. The summed E-state index contributed by atoms with van der Waals surface area (Å²) in [5, 5.41) is 7.60. The van der Waals surface area contributed by atoms with Gasteiger partial charge < -0.3 is 10.6 Å². The summed E-state index contributed by atoms with van der Waals surface area (Å²) in [6.07, 6.45) is -4.45. The van der Waals surface area contributed by atoms with Gasteiger partial charge in [0, 0.05) is 24.4 Å². The van der Waals surface area contributed by atoms with Gasteiger partial charge in [0.05, 0.1) is 17.7 Å². The van der Waals surface area contributed by atoms with Gasteiger partial charge in [-0.3, -0.25) is 9.59 Å². The summed E-state index contributed by atoms with van der Waals surface area (Å²) in [6.45, 7) is 1.90. The number of hydrogen-bond donors (Lipinski definition) is 2. The molecule has 3 aromatic rings. The van der Waals surface area contributed by atoms with Crippen molar-refractivity contribution in [3.8, 4) is 11.3 Å². The lowest BCUT2D eigenvalue weighted by Gasteiger charge is -2.07. The molecule has 1 aromatic heterocycles. The second kappa shape index (κ2) is 9.08. The predicted molar refractivity (Wildman–Crippen MR) is 109 cm³/mol. The molecule has 0 aliphatic heterocycles. The summed E-state index contributed by atoms with van der Waals surface area (Å²) in [5.74, 6) is -0.462. The quantitative estimate of drug-likeness (QED) is 0.595. The average molecular weight is 433 g/mol. The molecule has 0 fully saturated rings. The molecular formula is C21H18F3N3O2S. The molecule has 3 rings (SSSR count). The minimum Gasteiger partial charge on any atom is -0.352 e. The second-order valence-electron chi connectivity index (χ2n) is 6.56. The highest BCUT2D eigenvalue weighted by Crippen LogP contribution is 2.29. The van der Waals surface area contributed by atoms with Crippen LogP contribution >= 0.6 is 11.3 Å². The molecule has 156 valence electrons. The number of alkyl halides is 3. The van der Waals surface area contributed by atoms with E-state index in [1.807, 2.05) is 24.3 Å². The van der Waals surface area contributed by atoms with Crippen molar-refractivity contribution in [2.24, 2.45) is 0 Å². The zero-order valence-corrected chi connectivity index (χ0v) is 16.7. The number of anilines is 1. The molecule has 0 unspecified atom stereocenters. The Balaban J connectivity index is 1.58. The number of nitrogens with zero attached hydrogens (tertiary/aromatic N) is 1. The molecule has 30 heavy (non-hydrogen) atoms. The Morgan fingerprint density at radius 1 is 1.00 bits per heavy atom. The van der Waals surface area contributed by atoms with E-state index in [1.165, 1.54) is 30.4 Å². The van der Waals surface area contributed by atoms with Crippen molar-refractivity contribution >= 4 is 28.3 Å². The van der Waals surface area contributed by atoms with Crippen molar-refractivity contribution in [2.45, 2.75) is 26.1 Å². The number of rotatable bonds is 6. The normalized spacial score (nSPS) is 11.2. The van der Waals surface area contributed by atoms with Crippen molar-refractivity contribution in [3.05, 3.63) is 70.6 Å². The zero-order chi connectivity index (χ0) is 21.7. The third-order valence-corrected chi connectivity index (χ3v) is 4.95. The maximum absolute atomic E-state index is 12.6. The van der Waals surface area contributed by atoms with Crippen LogP contribution in [-0.2, 0) is 28.7 Å². The molecule has 0 bridgehead atoms. The van der Waals surface area contributed by atoms with Crippen LogP contribution in [0.2, 0.25) is 0 Å². The predicted octanol–water partition coefficient (Wildman–Crippen LogP) is 4.65. The average Bonchev–Trinajstić information content (AvgIpc) is 3.14. The number of amides is 2. The number of hydrogen-bond acceptors (Lipinski definition) is 4. The van der Waals surface area contributed by atoms with Gasteiger partial charge in [-0.1, -0.05) is 36.4 Å². The van der Waals surface area contributed by atoms with E-state index in [2.05, 4.69) is 15.6 Å². The first kappa shape index (κ1) is 21.5. The first-order valence-electron chi connectivity index (χ1n) is 8.96. The van der Waals surface area contributed by atoms with Crippen LogP contribution in [0.3, 0.4) is 0 Å². The molecule has 0 saturated carbocycles. The van der Waals surface area contributed by atoms with E-state index in [-0.39, 0.29) is 18.2 Å². The van der Waals surface area contributed by atoms with Crippen molar-refractivity contribution in [1.82, 2.24) is 10.3 Å². The number of carbonyl (C=O) groups excluding carboxylic acids is 2. The van der Waals surface area contributed by atoms with Crippen molar-refractivity contribution in [1.29, 1.82) is 0 Å². The van der Waals surface area contributed by atoms with E-state index in [0.29, 0.717) is 22.9 Å². The van der Waals surface area contributed by atoms with Gasteiger partial charge >= 0.3 is 6.18 Å². The second-order valence-corrected chi connectivity index (χ2v) is 7.42. The van der Waals surface area contributed by atoms with Crippen LogP contribution in [0.25, 0.3) is 11.3 Å². The molecule has 0 saturated heterocycles. The van der Waals surface area contributed by atoms with E-state index >= 15 is 0 Å². The molecule has 2 N–H and O–H groups in total. The Hall–Kier alpha value is -3.20. The van der Waals surface area contributed by atoms with Crippen LogP contribution in [0.1, 0.15) is 23.6 Å². The maximum Gasteiger partial charge on any atom is 0.416 e. The Morgan fingerprint density at radius 2 is 1.63 bits per heavy atom. The van der Waals surface area contributed by atoms with Crippen molar-refractivity contribution in [3.63, 3.8) is 0 Å². The summed E-state index contributed by atoms with van der Waals surface area (Å²) >= 11 is 1.26. The van der Waals surface area contributed by atoms with Crippen LogP contribution in [0, 0.1) is 0 Å². The van der Waals surface area contributed by atoms with E-state index in [1.54, 1.807) is 5.38 Å². The summed E-state index contributed by atoms with van der Waals surface area (Å²) in [4.78, 5) is 27.5. The number of aromatic nitrogens is 1. The van der Waals surface area contributed by atoms with Crippen molar-refractivity contribution in [2.75, 3.05) is 5.32 Å². The van der Waals surface area contributed by atoms with E-state index in [4.69, 9.17) is 0 Å². The van der Waals surface area contributed by atoms with Crippen LogP contribution in [0.4, 0.5) is 18.3 Å². The number of benzene rings is 2. The number of halogens is 3. The SMILES string of the molecule is CC(=O)NCc1ccc(-c2csc(NC(=O)Cc3ccc(C(F)(F)F)cc3)n2)cc1. The molecule has 2 aromatic carbocycles. The highest BCUT2D eigenvalue weighted by atomic mass is 32.1. The third kappa shape index (κ3) is 5.90. The monoisotopic (exact) mass is 433 g/mol. The fourth-order valence-electron chi connectivity index (χ4n) is 2.64. The molecule has 0 aliphatic carbocycles. The van der Waals surface area contributed by atoms with Crippen LogP contribution in [0.15, 0.2) is 53.9 Å². The molecule has 0 atom stereocenters. The molecule has 0 aliphatic rings. The molecule has 0 spiro atoms. The molecular weight excluding hydrogens is 415 g/mol. The fraction of sp³-hybridized carbons (Fsp3) is 0.190. The highest BCUT2D eigenvalue weighted by Gasteiger charge is 2.29. The lowest BCUT2D eigenvalue weighted by molar-refractivity contribution is -0.137. The summed E-state index contributed by atoms with van der Waals surface area (Å²) in [5.41, 5.74) is 2.23. The Labute approximate surface area is 175 Å². The van der Waals surface area contributed by atoms with Gasteiger partial charge in [-0.05, 0) is 23.3 Å².